The third kappa shape index (κ3) is 6.38. The summed E-state index contributed by atoms with van der Waals surface area (Å²) in [6, 6.07) is 15.9. The highest BCUT2D eigenvalue weighted by molar-refractivity contribution is 6.35. The minimum Gasteiger partial charge on any atom is -0.373 e. The minimum atomic E-state index is -0.359. The van der Waals surface area contributed by atoms with Crippen molar-refractivity contribution in [3.05, 3.63) is 76.0 Å². The summed E-state index contributed by atoms with van der Waals surface area (Å²) in [6.45, 7) is 13.7. The summed E-state index contributed by atoms with van der Waals surface area (Å²) in [5, 5.41) is 18.6. The summed E-state index contributed by atoms with van der Waals surface area (Å²) in [5.41, 5.74) is 1.77. The lowest BCUT2D eigenvalue weighted by Crippen LogP contribution is -2.44. The molecular weight excluding hydrogens is 501 g/mol. The van der Waals surface area contributed by atoms with Gasteiger partial charge in [0, 0.05) is 15.7 Å². The van der Waals surface area contributed by atoms with Gasteiger partial charge in [0.25, 0.3) is 0 Å². The molecule has 0 radical (unpaired) electrons. The number of aromatic nitrogens is 4. The maximum Gasteiger partial charge on any atom is 0.177 e. The maximum absolute atomic E-state index is 6.48. The van der Waals surface area contributed by atoms with E-state index in [1.165, 1.54) is 0 Å². The summed E-state index contributed by atoms with van der Waals surface area (Å²) >= 11 is 12.6. The fourth-order valence-corrected chi connectivity index (χ4v) is 5.91. The number of anilines is 1. The van der Waals surface area contributed by atoms with Gasteiger partial charge in [-0.15, -0.1) is 5.10 Å². The van der Waals surface area contributed by atoms with Crippen molar-refractivity contribution < 1.29 is 0 Å². The molecule has 5 nitrogen and oxygen atoms in total. The summed E-state index contributed by atoms with van der Waals surface area (Å²) in [5.74, 6) is 1.54. The molecule has 198 valence electrons. The smallest absolute Gasteiger partial charge is 0.177 e. The van der Waals surface area contributed by atoms with Crippen LogP contribution >= 0.6 is 23.2 Å². The number of rotatable bonds is 6. The first kappa shape index (κ1) is 27.7. The molecule has 1 saturated carbocycles. The summed E-state index contributed by atoms with van der Waals surface area (Å²) < 4.78 is 2.02. The predicted molar refractivity (Wildman–Crippen MR) is 155 cm³/mol. The first-order valence-corrected chi connectivity index (χ1v) is 13.9. The zero-order chi connectivity index (χ0) is 26.8. The molecule has 7 heteroatoms. The molecule has 2 aromatic carbocycles. The number of hydrogen-bond donors (Lipinski definition) is 1. The highest BCUT2D eigenvalue weighted by atomic mass is 35.5. The molecule has 0 bridgehead atoms. The summed E-state index contributed by atoms with van der Waals surface area (Å²) in [6.07, 6.45) is 8.38. The van der Waals surface area contributed by atoms with Crippen LogP contribution in [0.25, 0.3) is 6.08 Å². The first-order valence-electron chi connectivity index (χ1n) is 13.1. The van der Waals surface area contributed by atoms with Crippen molar-refractivity contribution in [2.24, 2.45) is 16.7 Å². The molecule has 1 heterocycles. The average Bonchev–Trinajstić information content (AvgIpc) is 3.30. The van der Waals surface area contributed by atoms with E-state index in [1.54, 1.807) is 6.07 Å². The Kier molecular flexibility index (Phi) is 8.06. The Balaban J connectivity index is 1.75. The van der Waals surface area contributed by atoms with Crippen molar-refractivity contribution in [1.82, 2.24) is 20.2 Å². The van der Waals surface area contributed by atoms with Gasteiger partial charge in [-0.3, -0.25) is 0 Å². The number of halogens is 2. The van der Waals surface area contributed by atoms with E-state index in [2.05, 4.69) is 92.7 Å². The number of para-hydroxylation sites is 1. The van der Waals surface area contributed by atoms with Crippen molar-refractivity contribution in [3.8, 4) is 0 Å². The Morgan fingerprint density at radius 3 is 2.27 bits per heavy atom. The molecule has 1 unspecified atom stereocenters. The molecule has 0 spiro atoms. The van der Waals surface area contributed by atoms with Crippen LogP contribution in [0.5, 0.6) is 0 Å². The summed E-state index contributed by atoms with van der Waals surface area (Å²) in [4.78, 5) is 0. The second kappa shape index (κ2) is 10.8. The van der Waals surface area contributed by atoms with Crippen LogP contribution in [0.1, 0.15) is 84.7 Å². The zero-order valence-electron chi connectivity index (χ0n) is 22.8. The molecule has 0 amide bonds. The van der Waals surface area contributed by atoms with Crippen LogP contribution in [0.2, 0.25) is 10.0 Å². The number of nitrogens with one attached hydrogen (secondary N) is 1. The van der Waals surface area contributed by atoms with Crippen LogP contribution in [0.3, 0.4) is 0 Å². The molecule has 0 saturated heterocycles. The molecule has 1 aromatic heterocycles. The van der Waals surface area contributed by atoms with E-state index in [4.69, 9.17) is 23.2 Å². The highest BCUT2D eigenvalue weighted by Gasteiger charge is 2.45. The van der Waals surface area contributed by atoms with Crippen LogP contribution in [0.15, 0.2) is 54.6 Å². The third-order valence-electron chi connectivity index (χ3n) is 7.71. The average molecular weight is 541 g/mol. The third-order valence-corrected chi connectivity index (χ3v) is 8.28. The van der Waals surface area contributed by atoms with E-state index >= 15 is 0 Å². The number of allylic oxidation sites excluding steroid dienone is 1. The number of hydrogen-bond acceptors (Lipinski definition) is 4. The fraction of sp³-hybridized carbons (Fsp3) is 0.500. The molecular formula is C30H39Cl2N5. The predicted octanol–water partition coefficient (Wildman–Crippen LogP) is 8.82. The molecule has 1 fully saturated rings. The largest absolute Gasteiger partial charge is 0.373 e. The molecule has 1 N–H and O–H groups in total. The van der Waals surface area contributed by atoms with Gasteiger partial charge < -0.3 is 5.32 Å². The molecule has 1 atom stereocenters. The van der Waals surface area contributed by atoms with E-state index in [1.807, 2.05) is 29.0 Å². The molecule has 37 heavy (non-hydrogen) atoms. The monoisotopic (exact) mass is 539 g/mol. The van der Waals surface area contributed by atoms with E-state index in [0.29, 0.717) is 16.0 Å². The summed E-state index contributed by atoms with van der Waals surface area (Å²) in [7, 11) is 0. The Bertz CT molecular complexity index is 1210. The van der Waals surface area contributed by atoms with E-state index < -0.39 is 0 Å². The number of tetrazole rings is 1. The van der Waals surface area contributed by atoms with Crippen molar-refractivity contribution in [2.75, 3.05) is 5.32 Å². The Hall–Kier alpha value is -2.37. The standard InChI is InChI=1S/C30H39Cl2N5/c1-28(2,3)22-16-18-30(19-17-22,33-24-10-8-7-9-11-24)27-34-35-36-37(27)26(29(4,5)6)15-13-21-12-14-23(31)20-25(21)32/h7-15,20,22,26,33H,16-19H2,1-6H3/b15-13-. The van der Waals surface area contributed by atoms with Crippen LogP contribution in [-0.2, 0) is 5.54 Å². The van der Waals surface area contributed by atoms with E-state index in [0.717, 1.165) is 42.8 Å². The van der Waals surface area contributed by atoms with Gasteiger partial charge in [-0.05, 0) is 82.7 Å². The van der Waals surface area contributed by atoms with Crippen LogP contribution in [-0.4, -0.2) is 20.2 Å². The second-order valence-electron chi connectivity index (χ2n) is 12.5. The van der Waals surface area contributed by atoms with Gasteiger partial charge in [0.2, 0.25) is 0 Å². The van der Waals surface area contributed by atoms with Gasteiger partial charge in [0.05, 0.1) is 11.6 Å². The van der Waals surface area contributed by atoms with Crippen LogP contribution < -0.4 is 5.32 Å². The highest BCUT2D eigenvalue weighted by Crippen LogP contribution is 2.47. The van der Waals surface area contributed by atoms with Gasteiger partial charge in [-0.2, -0.15) is 0 Å². The fourth-order valence-electron chi connectivity index (χ4n) is 5.44. The van der Waals surface area contributed by atoms with Gasteiger partial charge >= 0.3 is 0 Å². The lowest BCUT2D eigenvalue weighted by atomic mass is 9.67. The van der Waals surface area contributed by atoms with Gasteiger partial charge in [-0.25, -0.2) is 4.68 Å². The Labute approximate surface area is 231 Å². The molecule has 1 aliphatic rings. The lowest BCUT2D eigenvalue weighted by molar-refractivity contribution is 0.133. The minimum absolute atomic E-state index is 0.0842. The lowest BCUT2D eigenvalue weighted by Gasteiger charge is -2.45. The topological polar surface area (TPSA) is 55.6 Å². The van der Waals surface area contributed by atoms with Crippen molar-refractivity contribution in [1.29, 1.82) is 0 Å². The van der Waals surface area contributed by atoms with Gasteiger partial charge in [0.1, 0.15) is 0 Å². The first-order chi connectivity index (χ1) is 17.4. The normalized spacial score (nSPS) is 21.8. The quantitative estimate of drug-likeness (QED) is 0.339. The van der Waals surface area contributed by atoms with Crippen LogP contribution in [0, 0.1) is 16.7 Å². The molecule has 1 aliphatic carbocycles. The Morgan fingerprint density at radius 1 is 1.00 bits per heavy atom. The van der Waals surface area contributed by atoms with Crippen molar-refractivity contribution >= 4 is 35.0 Å². The van der Waals surface area contributed by atoms with E-state index in [9.17, 15) is 0 Å². The molecule has 3 aromatic rings. The molecule has 0 aliphatic heterocycles. The molecule has 4 rings (SSSR count). The van der Waals surface area contributed by atoms with Gasteiger partial charge in [0.15, 0.2) is 5.82 Å². The van der Waals surface area contributed by atoms with Crippen LogP contribution in [0.4, 0.5) is 5.69 Å². The number of benzene rings is 2. The zero-order valence-corrected chi connectivity index (χ0v) is 24.3. The Morgan fingerprint density at radius 2 is 1.68 bits per heavy atom. The van der Waals surface area contributed by atoms with Crippen molar-refractivity contribution in [3.63, 3.8) is 0 Å². The SMILES string of the molecule is CC(C)(C)C1CCC(Nc2ccccc2)(c2nnnn2C(/C=C\c2ccc(Cl)cc2Cl)C(C)(C)C)CC1. The second-order valence-corrected chi connectivity index (χ2v) is 13.3. The van der Waals surface area contributed by atoms with Crippen molar-refractivity contribution in [2.45, 2.75) is 78.8 Å². The van der Waals surface area contributed by atoms with E-state index in [-0.39, 0.29) is 22.4 Å². The maximum atomic E-state index is 6.48. The number of nitrogens with zero attached hydrogens (tertiary/aromatic N) is 4. The van der Waals surface area contributed by atoms with Gasteiger partial charge in [-0.1, -0.05) is 101 Å².